The second kappa shape index (κ2) is 6.33. The number of nitrogens with zero attached hydrogens (tertiary/aromatic N) is 3. The van der Waals surface area contributed by atoms with Crippen molar-refractivity contribution in [2.75, 3.05) is 0 Å². The van der Waals surface area contributed by atoms with E-state index in [1.54, 1.807) is 22.3 Å². The zero-order valence-corrected chi connectivity index (χ0v) is 15.0. The van der Waals surface area contributed by atoms with Gasteiger partial charge in [0, 0.05) is 22.7 Å². The fourth-order valence-corrected chi connectivity index (χ4v) is 3.53. The van der Waals surface area contributed by atoms with E-state index >= 15 is 0 Å². The molecule has 7 heteroatoms. The highest BCUT2D eigenvalue weighted by Crippen LogP contribution is 2.36. The van der Waals surface area contributed by atoms with Crippen LogP contribution in [0.1, 0.15) is 0 Å². The molecule has 0 N–H and O–H groups in total. The molecular formula is C18H10Cl2FN3S. The molecule has 0 fully saturated rings. The van der Waals surface area contributed by atoms with E-state index in [0.717, 1.165) is 16.5 Å². The third-order valence-corrected chi connectivity index (χ3v) is 4.75. The smallest absolute Gasteiger partial charge is 0.148 e. The molecule has 4 aromatic rings. The van der Waals surface area contributed by atoms with Gasteiger partial charge in [0.25, 0.3) is 0 Å². The molecule has 2 aromatic carbocycles. The molecule has 3 nitrogen and oxygen atoms in total. The van der Waals surface area contributed by atoms with Gasteiger partial charge in [0.15, 0.2) is 0 Å². The highest BCUT2D eigenvalue weighted by Gasteiger charge is 2.15. The largest absolute Gasteiger partial charge is 0.293 e. The molecule has 2 aromatic heterocycles. The van der Waals surface area contributed by atoms with Crippen LogP contribution in [0, 0.1) is 5.82 Å². The van der Waals surface area contributed by atoms with Gasteiger partial charge in [-0.05, 0) is 29.8 Å². The number of rotatable bonds is 2. The molecule has 0 aliphatic heterocycles. The molecule has 0 aliphatic rings. The van der Waals surface area contributed by atoms with E-state index in [2.05, 4.69) is 22.8 Å². The molecule has 0 saturated carbocycles. The van der Waals surface area contributed by atoms with Gasteiger partial charge in [0.2, 0.25) is 0 Å². The molecule has 0 aliphatic carbocycles. The summed E-state index contributed by atoms with van der Waals surface area (Å²) < 4.78 is 16.0. The normalized spacial score (nSPS) is 11.2. The van der Waals surface area contributed by atoms with Crippen molar-refractivity contribution < 1.29 is 4.39 Å². The highest BCUT2D eigenvalue weighted by atomic mass is 35.5. The van der Waals surface area contributed by atoms with E-state index in [4.69, 9.17) is 23.2 Å². The van der Waals surface area contributed by atoms with Crippen LogP contribution in [0.5, 0.6) is 0 Å². The van der Waals surface area contributed by atoms with Gasteiger partial charge in [-0.1, -0.05) is 48.1 Å². The van der Waals surface area contributed by atoms with Crippen LogP contribution in [0.4, 0.5) is 4.39 Å². The molecule has 2 heterocycles. The third-order valence-electron chi connectivity index (χ3n) is 3.92. The number of fused-ring (bicyclic) bond motifs is 1. The maximum absolute atomic E-state index is 14.3. The van der Waals surface area contributed by atoms with E-state index in [1.165, 1.54) is 12.3 Å². The summed E-state index contributed by atoms with van der Waals surface area (Å²) in [7, 11) is 0. The van der Waals surface area contributed by atoms with Crippen molar-refractivity contribution in [3.63, 3.8) is 0 Å². The fourth-order valence-electron chi connectivity index (χ4n) is 2.82. The van der Waals surface area contributed by atoms with Gasteiger partial charge in [0.05, 0.1) is 28.6 Å². The summed E-state index contributed by atoms with van der Waals surface area (Å²) in [5.41, 5.74) is 3.31. The maximum atomic E-state index is 14.3. The molecule has 0 spiro atoms. The lowest BCUT2D eigenvalue weighted by molar-refractivity contribution is 0.631. The Kier molecular flexibility index (Phi) is 4.15. The lowest BCUT2D eigenvalue weighted by Gasteiger charge is -2.07. The van der Waals surface area contributed by atoms with Crippen LogP contribution in [0.25, 0.3) is 33.3 Å². The summed E-state index contributed by atoms with van der Waals surface area (Å²) in [6.07, 6.45) is 4.91. The average molecular weight is 390 g/mol. The Morgan fingerprint density at radius 2 is 1.92 bits per heavy atom. The van der Waals surface area contributed by atoms with Crippen LogP contribution in [0.15, 0.2) is 55.0 Å². The van der Waals surface area contributed by atoms with Crippen LogP contribution in [-0.2, 0) is 0 Å². The van der Waals surface area contributed by atoms with Crippen LogP contribution < -0.4 is 0 Å². The predicted octanol–water partition coefficient (Wildman–Crippen LogP) is 5.90. The van der Waals surface area contributed by atoms with Gasteiger partial charge in [-0.15, -0.1) is 0 Å². The molecule has 0 atom stereocenters. The van der Waals surface area contributed by atoms with Gasteiger partial charge < -0.3 is 0 Å². The maximum Gasteiger partial charge on any atom is 0.148 e. The van der Waals surface area contributed by atoms with E-state index < -0.39 is 0 Å². The number of hydrogen-bond donors (Lipinski definition) is 1. The second-order valence-electron chi connectivity index (χ2n) is 5.44. The third kappa shape index (κ3) is 2.88. The van der Waals surface area contributed by atoms with E-state index in [9.17, 15) is 4.39 Å². The molecule has 4 rings (SSSR count). The molecule has 0 saturated heterocycles. The minimum absolute atomic E-state index is 0.297. The summed E-state index contributed by atoms with van der Waals surface area (Å²) in [5, 5.41) is 1.50. The van der Waals surface area contributed by atoms with Crippen molar-refractivity contribution in [1.29, 1.82) is 0 Å². The lowest BCUT2D eigenvalue weighted by Crippen LogP contribution is -1.87. The standard InChI is InChI=1S/C18H10Cl2FN3S/c19-13-2-1-3-14(21)18(13)10-4-5-16-11(6-10)12(9-24(16)25)15-7-22-8-17(20)23-15/h1-9,25H. The Bertz CT molecular complexity index is 1090. The summed E-state index contributed by atoms with van der Waals surface area (Å²) in [6, 6.07) is 10.2. The van der Waals surface area contributed by atoms with Crippen LogP contribution in [-0.4, -0.2) is 13.9 Å². The van der Waals surface area contributed by atoms with Crippen molar-refractivity contribution in [3.05, 3.63) is 71.0 Å². The Labute approximate surface area is 158 Å². The minimum atomic E-state index is -0.374. The van der Waals surface area contributed by atoms with Crippen molar-refractivity contribution >= 4 is 46.9 Å². The second-order valence-corrected chi connectivity index (χ2v) is 6.67. The Hall–Kier alpha value is -2.08. The molecule has 0 radical (unpaired) electrons. The summed E-state index contributed by atoms with van der Waals surface area (Å²) in [6.45, 7) is 0. The SMILES string of the molecule is Fc1cccc(Cl)c1-c1ccc2c(c1)c(-c1cncc(Cl)n1)cn2S. The number of aromatic nitrogens is 3. The summed E-state index contributed by atoms with van der Waals surface area (Å²) in [5.74, 6) is -0.374. The Morgan fingerprint density at radius 3 is 2.68 bits per heavy atom. The van der Waals surface area contributed by atoms with Gasteiger partial charge in [-0.25, -0.2) is 9.37 Å². The number of halogens is 3. The van der Waals surface area contributed by atoms with Crippen molar-refractivity contribution in [2.45, 2.75) is 0 Å². The molecule has 124 valence electrons. The van der Waals surface area contributed by atoms with E-state index in [1.807, 2.05) is 24.4 Å². The van der Waals surface area contributed by atoms with Crippen molar-refractivity contribution in [2.24, 2.45) is 0 Å². The summed E-state index contributed by atoms with van der Waals surface area (Å²) in [4.78, 5) is 8.38. The monoisotopic (exact) mass is 389 g/mol. The number of thiol groups is 1. The quantitative estimate of drug-likeness (QED) is 0.432. The van der Waals surface area contributed by atoms with Crippen molar-refractivity contribution in [1.82, 2.24) is 13.9 Å². The molecule has 0 unspecified atom stereocenters. The van der Waals surface area contributed by atoms with Crippen LogP contribution in [0.2, 0.25) is 10.2 Å². The first-order valence-electron chi connectivity index (χ1n) is 7.31. The van der Waals surface area contributed by atoms with Crippen LogP contribution in [0.3, 0.4) is 0 Å². The highest BCUT2D eigenvalue weighted by molar-refractivity contribution is 7.78. The summed E-state index contributed by atoms with van der Waals surface area (Å²) >= 11 is 16.6. The van der Waals surface area contributed by atoms with Gasteiger partial charge >= 0.3 is 0 Å². The molecule has 25 heavy (non-hydrogen) atoms. The first-order chi connectivity index (χ1) is 12.0. The van der Waals surface area contributed by atoms with Crippen LogP contribution >= 0.6 is 36.0 Å². The predicted molar refractivity (Wildman–Crippen MR) is 103 cm³/mol. The zero-order chi connectivity index (χ0) is 17.6. The molecule has 0 bridgehead atoms. The fraction of sp³-hybridized carbons (Fsp3) is 0. The van der Waals surface area contributed by atoms with Gasteiger partial charge in [-0.3, -0.25) is 8.96 Å². The number of benzene rings is 2. The van der Waals surface area contributed by atoms with Crippen molar-refractivity contribution in [3.8, 4) is 22.4 Å². The Morgan fingerprint density at radius 1 is 1.08 bits per heavy atom. The number of hydrogen-bond acceptors (Lipinski definition) is 3. The van der Waals surface area contributed by atoms with E-state index in [0.29, 0.717) is 27.0 Å². The topological polar surface area (TPSA) is 30.7 Å². The Balaban J connectivity index is 1.98. The van der Waals surface area contributed by atoms with Gasteiger partial charge in [0.1, 0.15) is 11.0 Å². The minimum Gasteiger partial charge on any atom is -0.293 e. The zero-order valence-electron chi connectivity index (χ0n) is 12.6. The lowest BCUT2D eigenvalue weighted by atomic mass is 10.0. The first-order valence-corrected chi connectivity index (χ1v) is 8.47. The first kappa shape index (κ1) is 16.4. The molecular weight excluding hydrogens is 380 g/mol. The van der Waals surface area contributed by atoms with E-state index in [-0.39, 0.29) is 5.82 Å². The molecule has 0 amide bonds. The average Bonchev–Trinajstić information content (AvgIpc) is 2.91. The van der Waals surface area contributed by atoms with Gasteiger partial charge in [-0.2, -0.15) is 0 Å².